The van der Waals surface area contributed by atoms with Crippen molar-refractivity contribution in [3.63, 3.8) is 0 Å². The van der Waals surface area contributed by atoms with Gasteiger partial charge < -0.3 is 20.1 Å². The summed E-state index contributed by atoms with van der Waals surface area (Å²) in [4.78, 5) is 4.02. The lowest BCUT2D eigenvalue weighted by Gasteiger charge is -2.58. The first-order chi connectivity index (χ1) is 19.8. The van der Waals surface area contributed by atoms with Gasteiger partial charge in [0.05, 0.1) is 52.7 Å². The molecule has 1 aliphatic carbocycles. The number of anilines is 2. The summed E-state index contributed by atoms with van der Waals surface area (Å²) in [6, 6.07) is 12.7. The molecule has 2 aliphatic heterocycles. The third-order valence-electron chi connectivity index (χ3n) is 8.81. The molecule has 2 aromatic carbocycles. The minimum atomic E-state index is -3.30. The molecule has 3 aromatic rings. The van der Waals surface area contributed by atoms with Crippen molar-refractivity contribution in [2.24, 2.45) is 5.41 Å². The normalized spacial score (nSPS) is 21.9. The molecule has 3 heterocycles. The molecule has 41 heavy (non-hydrogen) atoms. The predicted octanol–water partition coefficient (Wildman–Crippen LogP) is 5.39. The van der Waals surface area contributed by atoms with Crippen LogP contribution in [0.2, 0.25) is 0 Å². The van der Waals surface area contributed by atoms with Gasteiger partial charge in [-0.15, -0.1) is 11.3 Å². The Balaban J connectivity index is 1.10. The van der Waals surface area contributed by atoms with Crippen molar-refractivity contribution < 1.29 is 17.9 Å². The van der Waals surface area contributed by atoms with Crippen LogP contribution in [0.15, 0.2) is 41.3 Å². The smallest absolute Gasteiger partial charge is 0.175 e. The van der Waals surface area contributed by atoms with E-state index in [1.807, 2.05) is 0 Å². The Morgan fingerprint density at radius 1 is 1.12 bits per heavy atom. The maximum Gasteiger partial charge on any atom is 0.175 e. The molecule has 9 heteroatoms. The lowest BCUT2D eigenvalue weighted by atomic mass is 9.75. The van der Waals surface area contributed by atoms with Gasteiger partial charge in [0.15, 0.2) is 9.84 Å². The number of nitrogens with zero attached hydrogens (tertiary/aromatic N) is 1. The van der Waals surface area contributed by atoms with Crippen LogP contribution in [0.3, 0.4) is 0 Å². The number of fused-ring (bicyclic) bond motifs is 1. The Kier molecular flexibility index (Phi) is 7.94. The van der Waals surface area contributed by atoms with Crippen LogP contribution in [0, 0.1) is 17.3 Å². The molecule has 2 N–H and O–H groups in total. The second kappa shape index (κ2) is 11.5. The highest BCUT2D eigenvalue weighted by Gasteiger charge is 2.50. The molecular weight excluding hydrogens is 555 g/mol. The molecule has 7 nitrogen and oxygen atoms in total. The number of benzene rings is 2. The van der Waals surface area contributed by atoms with Gasteiger partial charge in [-0.25, -0.2) is 8.42 Å². The summed E-state index contributed by atoms with van der Waals surface area (Å²) in [7, 11) is -1.77. The standard InChI is InChI=1S/C32H39N3O4S2/c1-4-25-26-7-5-8-28(34-22-10-12-23(13-11-22)35-18-32(19-35)20-39-21-32)31(26)40-30(25)9-6-16-33-27-15-14-24(41(3,36)37)17-29(27)38-2/h5,7-8,14-15,17,22-23,33-34H,4,10-13,16,18-21H2,1-3H3. The van der Waals surface area contributed by atoms with Gasteiger partial charge in [-0.1, -0.05) is 30.9 Å². The quantitative estimate of drug-likeness (QED) is 0.339. The second-order valence-electron chi connectivity index (χ2n) is 11.8. The van der Waals surface area contributed by atoms with Crippen molar-refractivity contribution in [2.75, 3.05) is 56.8 Å². The van der Waals surface area contributed by atoms with E-state index in [-0.39, 0.29) is 4.90 Å². The van der Waals surface area contributed by atoms with Gasteiger partial charge in [-0.05, 0) is 61.3 Å². The number of nitrogens with one attached hydrogen (secondary N) is 2. The molecule has 1 saturated carbocycles. The minimum Gasteiger partial charge on any atom is -0.495 e. The van der Waals surface area contributed by atoms with E-state index in [1.54, 1.807) is 23.5 Å². The van der Waals surface area contributed by atoms with Gasteiger partial charge in [-0.3, -0.25) is 4.90 Å². The van der Waals surface area contributed by atoms with Crippen molar-refractivity contribution in [3.05, 3.63) is 46.8 Å². The van der Waals surface area contributed by atoms with Crippen molar-refractivity contribution in [3.8, 4) is 17.6 Å². The van der Waals surface area contributed by atoms with Crippen LogP contribution in [0.4, 0.5) is 11.4 Å². The number of aryl methyl sites for hydroxylation is 1. The first-order valence-corrected chi connectivity index (χ1v) is 17.2. The zero-order valence-electron chi connectivity index (χ0n) is 24.1. The number of hydrogen-bond acceptors (Lipinski definition) is 8. The first kappa shape index (κ1) is 28.4. The van der Waals surface area contributed by atoms with Gasteiger partial charge in [0.25, 0.3) is 0 Å². The molecule has 0 unspecified atom stereocenters. The van der Waals surface area contributed by atoms with E-state index >= 15 is 0 Å². The fourth-order valence-corrected chi connectivity index (χ4v) is 8.38. The van der Waals surface area contributed by atoms with Crippen molar-refractivity contribution >= 4 is 42.6 Å². The highest BCUT2D eigenvalue weighted by molar-refractivity contribution is 7.90. The van der Waals surface area contributed by atoms with Gasteiger partial charge in [0, 0.05) is 42.9 Å². The molecular formula is C32H39N3O4S2. The summed E-state index contributed by atoms with van der Waals surface area (Å²) in [5.74, 6) is 7.15. The van der Waals surface area contributed by atoms with Gasteiger partial charge >= 0.3 is 0 Å². The zero-order valence-corrected chi connectivity index (χ0v) is 25.7. The van der Waals surface area contributed by atoms with Gasteiger partial charge in [0.2, 0.25) is 0 Å². The maximum atomic E-state index is 11.9. The second-order valence-corrected chi connectivity index (χ2v) is 14.8. The van der Waals surface area contributed by atoms with E-state index in [0.29, 0.717) is 29.4 Å². The van der Waals surface area contributed by atoms with E-state index in [4.69, 9.17) is 9.47 Å². The van der Waals surface area contributed by atoms with Gasteiger partial charge in [-0.2, -0.15) is 0 Å². The third kappa shape index (κ3) is 5.80. The molecule has 1 aromatic heterocycles. The highest BCUT2D eigenvalue weighted by atomic mass is 32.2. The molecule has 218 valence electrons. The lowest BCUT2D eigenvalue weighted by Crippen LogP contribution is -2.68. The summed E-state index contributed by atoms with van der Waals surface area (Å²) in [5.41, 5.74) is 3.73. The van der Waals surface area contributed by atoms with Crippen LogP contribution >= 0.6 is 11.3 Å². The fraction of sp³-hybridized carbons (Fsp3) is 0.500. The first-order valence-electron chi connectivity index (χ1n) is 14.5. The van der Waals surface area contributed by atoms with E-state index in [0.717, 1.165) is 30.6 Å². The predicted molar refractivity (Wildman–Crippen MR) is 167 cm³/mol. The largest absolute Gasteiger partial charge is 0.495 e. The summed E-state index contributed by atoms with van der Waals surface area (Å²) in [6.07, 6.45) is 7.06. The fourth-order valence-electron chi connectivity index (χ4n) is 6.50. The maximum absolute atomic E-state index is 11.9. The highest BCUT2D eigenvalue weighted by Crippen LogP contribution is 2.42. The number of likely N-dealkylation sites (tertiary alicyclic amines) is 1. The minimum absolute atomic E-state index is 0.231. The monoisotopic (exact) mass is 593 g/mol. The lowest BCUT2D eigenvalue weighted by molar-refractivity contribution is -0.200. The Morgan fingerprint density at radius 3 is 2.56 bits per heavy atom. The topological polar surface area (TPSA) is 79.9 Å². The average molecular weight is 594 g/mol. The molecule has 3 aliphatic rings. The van der Waals surface area contributed by atoms with Crippen molar-refractivity contribution in [2.45, 2.75) is 56.0 Å². The molecule has 1 spiro atoms. The number of hydrogen-bond donors (Lipinski definition) is 2. The number of ether oxygens (including phenoxy) is 2. The number of rotatable bonds is 8. The molecule has 0 radical (unpaired) electrons. The summed E-state index contributed by atoms with van der Waals surface area (Å²) in [6.45, 7) is 6.99. The van der Waals surface area contributed by atoms with E-state index in [1.165, 1.54) is 79.5 Å². The average Bonchev–Trinajstić information content (AvgIpc) is 3.28. The molecule has 0 atom stereocenters. The Hall–Kier alpha value is -2.77. The molecule has 0 bridgehead atoms. The zero-order chi connectivity index (χ0) is 28.6. The van der Waals surface area contributed by atoms with Crippen LogP contribution in [0.5, 0.6) is 5.75 Å². The molecule has 6 rings (SSSR count). The van der Waals surface area contributed by atoms with Crippen LogP contribution < -0.4 is 15.4 Å². The van der Waals surface area contributed by atoms with E-state index in [2.05, 4.69) is 52.5 Å². The van der Waals surface area contributed by atoms with E-state index in [9.17, 15) is 8.42 Å². The van der Waals surface area contributed by atoms with Crippen LogP contribution in [-0.4, -0.2) is 71.6 Å². The van der Waals surface area contributed by atoms with Crippen LogP contribution in [0.25, 0.3) is 10.1 Å². The number of thiophene rings is 1. The van der Waals surface area contributed by atoms with Gasteiger partial charge in [0.1, 0.15) is 5.75 Å². The molecule has 2 saturated heterocycles. The Labute approximate surface area is 247 Å². The van der Waals surface area contributed by atoms with Crippen molar-refractivity contribution in [1.82, 2.24) is 4.90 Å². The van der Waals surface area contributed by atoms with E-state index < -0.39 is 9.84 Å². The Morgan fingerprint density at radius 2 is 1.90 bits per heavy atom. The van der Waals surface area contributed by atoms with Crippen LogP contribution in [-0.2, 0) is 21.0 Å². The van der Waals surface area contributed by atoms with Crippen molar-refractivity contribution in [1.29, 1.82) is 0 Å². The summed E-state index contributed by atoms with van der Waals surface area (Å²) < 4.78 is 35.9. The molecule has 3 fully saturated rings. The third-order valence-corrected chi connectivity index (χ3v) is 11.1. The Bertz CT molecular complexity index is 1580. The van der Waals surface area contributed by atoms with Crippen LogP contribution in [0.1, 0.15) is 43.0 Å². The number of methoxy groups -OCH3 is 1. The number of sulfone groups is 1. The SMILES string of the molecule is CCc1c(C#CCNc2ccc(S(C)(=O)=O)cc2OC)sc2c(NC3CCC(N4CC5(COC5)C4)CC3)cccc12. The molecule has 0 amide bonds. The summed E-state index contributed by atoms with van der Waals surface area (Å²) >= 11 is 1.77. The summed E-state index contributed by atoms with van der Waals surface area (Å²) in [5, 5.41) is 8.46.